The fourth-order valence-corrected chi connectivity index (χ4v) is 1.97. The highest BCUT2D eigenvalue weighted by Gasteiger charge is 2.48. The Balaban J connectivity index is 2.70. The van der Waals surface area contributed by atoms with Crippen molar-refractivity contribution in [1.82, 2.24) is 5.06 Å². The lowest BCUT2D eigenvalue weighted by molar-refractivity contribution is -0.197. The van der Waals surface area contributed by atoms with E-state index in [1.807, 2.05) is 0 Å². The maximum absolute atomic E-state index is 11.4. The van der Waals surface area contributed by atoms with Crippen LogP contribution in [0.4, 0.5) is 0 Å². The van der Waals surface area contributed by atoms with Gasteiger partial charge in [-0.3, -0.25) is 18.9 Å². The van der Waals surface area contributed by atoms with Gasteiger partial charge in [-0.1, -0.05) is 0 Å². The van der Waals surface area contributed by atoms with Gasteiger partial charge in [-0.2, -0.15) is 8.42 Å². The van der Waals surface area contributed by atoms with Crippen molar-refractivity contribution >= 4 is 33.9 Å². The highest BCUT2D eigenvalue weighted by molar-refractivity contribution is 7.87. The third-order valence-corrected chi connectivity index (χ3v) is 3.25. The molecule has 0 aromatic carbocycles. The van der Waals surface area contributed by atoms with E-state index in [-0.39, 0.29) is 5.06 Å². The molecule has 0 bridgehead atoms. The van der Waals surface area contributed by atoms with E-state index < -0.39 is 58.4 Å². The van der Waals surface area contributed by atoms with Crippen molar-refractivity contribution in [2.45, 2.75) is 24.5 Å². The average Bonchev–Trinajstić information content (AvgIpc) is 2.54. The zero-order chi connectivity index (χ0) is 14.8. The van der Waals surface area contributed by atoms with E-state index in [1.165, 1.54) is 0 Å². The number of rotatable bonds is 5. The van der Waals surface area contributed by atoms with Crippen LogP contribution in [0.2, 0.25) is 0 Å². The van der Waals surface area contributed by atoms with Crippen molar-refractivity contribution in [3.05, 3.63) is 0 Å². The summed E-state index contributed by atoms with van der Waals surface area (Å²) in [5.41, 5.74) is 0. The molecule has 106 valence electrons. The summed E-state index contributed by atoms with van der Waals surface area (Å²) in [7, 11) is -4.78. The van der Waals surface area contributed by atoms with Crippen LogP contribution in [0.3, 0.4) is 0 Å². The lowest BCUT2D eigenvalue weighted by Gasteiger charge is -2.12. The Morgan fingerprint density at radius 3 is 2.32 bits per heavy atom. The maximum atomic E-state index is 11.4. The number of hydrogen-bond acceptors (Lipinski definition) is 7. The minimum absolute atomic E-state index is 0.0807. The summed E-state index contributed by atoms with van der Waals surface area (Å²) >= 11 is 0. The van der Waals surface area contributed by atoms with Crippen molar-refractivity contribution in [2.75, 3.05) is 0 Å². The Hall–Kier alpha value is -2.01. The fourth-order valence-electron chi connectivity index (χ4n) is 1.27. The number of carboxylic acid groups (broad SMARTS) is 1. The van der Waals surface area contributed by atoms with E-state index in [2.05, 4.69) is 4.84 Å². The predicted octanol–water partition coefficient (Wildman–Crippen LogP) is -1.68. The number of carbonyl (C=O) groups excluding carboxylic acids is 3. The maximum Gasteiger partial charge on any atom is 0.333 e. The molecule has 10 nitrogen and oxygen atoms in total. The van der Waals surface area contributed by atoms with Crippen LogP contribution < -0.4 is 0 Å². The van der Waals surface area contributed by atoms with Gasteiger partial charge >= 0.3 is 11.9 Å². The molecule has 2 N–H and O–H groups in total. The Morgan fingerprint density at radius 2 is 1.89 bits per heavy atom. The summed E-state index contributed by atoms with van der Waals surface area (Å²) in [4.78, 5) is 48.2. The van der Waals surface area contributed by atoms with Gasteiger partial charge in [0.2, 0.25) is 0 Å². The van der Waals surface area contributed by atoms with Gasteiger partial charge in [-0.05, 0) is 0 Å². The summed E-state index contributed by atoms with van der Waals surface area (Å²) in [6.07, 6.45) is -2.01. The first-order valence-corrected chi connectivity index (χ1v) is 6.39. The van der Waals surface area contributed by atoms with Crippen LogP contribution in [0.5, 0.6) is 0 Å². The van der Waals surface area contributed by atoms with Gasteiger partial charge in [0.1, 0.15) is 0 Å². The zero-order valence-corrected chi connectivity index (χ0v) is 10.1. The van der Waals surface area contributed by atoms with Crippen LogP contribution >= 0.6 is 0 Å². The second-order valence-corrected chi connectivity index (χ2v) is 5.19. The van der Waals surface area contributed by atoms with Crippen LogP contribution in [0.1, 0.15) is 19.3 Å². The smallest absolute Gasteiger partial charge is 0.333 e. The molecule has 1 aliphatic heterocycles. The van der Waals surface area contributed by atoms with Gasteiger partial charge in [-0.25, -0.2) is 4.79 Å². The second kappa shape index (κ2) is 5.32. The minimum Gasteiger partial charge on any atom is -0.481 e. The molecule has 0 spiro atoms. The van der Waals surface area contributed by atoms with Crippen LogP contribution in [0, 0.1) is 0 Å². The van der Waals surface area contributed by atoms with Crippen molar-refractivity contribution in [3.63, 3.8) is 0 Å². The van der Waals surface area contributed by atoms with Crippen LogP contribution in [0.25, 0.3) is 0 Å². The second-order valence-electron chi connectivity index (χ2n) is 3.59. The predicted molar refractivity (Wildman–Crippen MR) is 54.8 cm³/mol. The van der Waals surface area contributed by atoms with Crippen LogP contribution in [-0.2, 0) is 34.1 Å². The lowest BCUT2D eigenvalue weighted by atomic mass is 10.3. The molecule has 11 heteroatoms. The molecule has 0 saturated carbocycles. The molecule has 1 saturated heterocycles. The Bertz CT molecular complexity index is 536. The quantitative estimate of drug-likeness (QED) is 0.447. The number of aliphatic carboxylic acids is 1. The molecular formula is C8H9NO9S. The van der Waals surface area contributed by atoms with Gasteiger partial charge in [-0.15, -0.1) is 5.06 Å². The van der Waals surface area contributed by atoms with Crippen molar-refractivity contribution in [1.29, 1.82) is 0 Å². The lowest BCUT2D eigenvalue weighted by Crippen LogP contribution is -2.36. The normalized spacial score (nSPS) is 19.6. The Kier molecular flexibility index (Phi) is 4.21. The van der Waals surface area contributed by atoms with E-state index in [4.69, 9.17) is 9.66 Å². The molecule has 1 heterocycles. The van der Waals surface area contributed by atoms with Crippen molar-refractivity contribution < 1.29 is 42.1 Å². The number of carbonyl (C=O) groups is 4. The third kappa shape index (κ3) is 3.72. The van der Waals surface area contributed by atoms with E-state index in [0.717, 1.165) is 0 Å². The first-order valence-electron chi connectivity index (χ1n) is 4.88. The number of amides is 2. The van der Waals surface area contributed by atoms with Gasteiger partial charge in [0.05, 0.1) is 19.3 Å². The molecule has 0 radical (unpaired) electrons. The number of nitrogens with zero attached hydrogens (tertiary/aromatic N) is 1. The van der Waals surface area contributed by atoms with E-state index in [0.29, 0.717) is 0 Å². The minimum atomic E-state index is -4.78. The van der Waals surface area contributed by atoms with Gasteiger partial charge in [0, 0.05) is 0 Å². The highest BCUT2D eigenvalue weighted by Crippen LogP contribution is 2.20. The van der Waals surface area contributed by atoms with Crippen LogP contribution in [0.15, 0.2) is 0 Å². The van der Waals surface area contributed by atoms with Crippen molar-refractivity contribution in [2.24, 2.45) is 0 Å². The highest BCUT2D eigenvalue weighted by atomic mass is 32.2. The summed E-state index contributed by atoms with van der Waals surface area (Å²) < 4.78 is 30.2. The molecule has 1 rings (SSSR count). The molecule has 1 unspecified atom stereocenters. The number of imide groups is 1. The molecular weight excluding hydrogens is 286 g/mol. The Morgan fingerprint density at radius 1 is 1.32 bits per heavy atom. The van der Waals surface area contributed by atoms with Gasteiger partial charge < -0.3 is 9.94 Å². The monoisotopic (exact) mass is 295 g/mol. The molecule has 0 aromatic heterocycles. The average molecular weight is 295 g/mol. The molecule has 0 aromatic rings. The zero-order valence-electron chi connectivity index (χ0n) is 9.31. The summed E-state index contributed by atoms with van der Waals surface area (Å²) in [6.45, 7) is 0. The standard InChI is InChI=1S/C8H9NO9S/c10-5-3-4(19(15,16)17)8(14)9(5)18-7(13)2-1-6(11)12/h4H,1-3H2,(H,11,12)(H,15,16,17). The Labute approximate surface area is 106 Å². The SMILES string of the molecule is O=C(O)CCC(=O)ON1C(=O)CC(S(=O)(=O)O)C1=O. The topological polar surface area (TPSA) is 155 Å². The molecule has 2 amide bonds. The van der Waals surface area contributed by atoms with E-state index in [1.54, 1.807) is 0 Å². The van der Waals surface area contributed by atoms with Crippen molar-refractivity contribution in [3.8, 4) is 0 Å². The van der Waals surface area contributed by atoms with Gasteiger partial charge in [0.15, 0.2) is 5.25 Å². The first kappa shape index (κ1) is 15.0. The molecule has 1 fully saturated rings. The molecule has 1 aliphatic rings. The number of carboxylic acids is 1. The molecule has 0 aliphatic carbocycles. The number of hydrogen-bond donors (Lipinski definition) is 2. The molecule has 1 atom stereocenters. The fraction of sp³-hybridized carbons (Fsp3) is 0.500. The molecule has 19 heavy (non-hydrogen) atoms. The summed E-state index contributed by atoms with van der Waals surface area (Å²) in [6, 6.07) is 0. The first-order chi connectivity index (χ1) is 8.62. The number of hydroxylamine groups is 2. The van der Waals surface area contributed by atoms with E-state index >= 15 is 0 Å². The summed E-state index contributed by atoms with van der Waals surface area (Å²) in [5.74, 6) is -4.97. The van der Waals surface area contributed by atoms with Gasteiger partial charge in [0.25, 0.3) is 21.9 Å². The van der Waals surface area contributed by atoms with Crippen LogP contribution in [-0.4, -0.2) is 52.1 Å². The summed E-state index contributed by atoms with van der Waals surface area (Å²) in [5, 5.41) is 6.22. The largest absolute Gasteiger partial charge is 0.481 e. The van der Waals surface area contributed by atoms with E-state index in [9.17, 15) is 27.6 Å². The third-order valence-electron chi connectivity index (χ3n) is 2.16.